The van der Waals surface area contributed by atoms with Crippen LogP contribution in [0.15, 0.2) is 6.07 Å². The third kappa shape index (κ3) is 3.55. The number of hydrogen-bond acceptors (Lipinski definition) is 4. The molecule has 0 radical (unpaired) electrons. The minimum atomic E-state index is -0.247. The Morgan fingerprint density at radius 3 is 2.89 bits per heavy atom. The van der Waals surface area contributed by atoms with Crippen molar-refractivity contribution in [1.29, 1.82) is 0 Å². The van der Waals surface area contributed by atoms with E-state index in [4.69, 9.17) is 23.2 Å². The Balaban J connectivity index is 2.03. The number of hydrogen-bond donors (Lipinski definition) is 1. The summed E-state index contributed by atoms with van der Waals surface area (Å²) in [6.07, 6.45) is 1.85. The molecule has 0 spiro atoms. The predicted molar refractivity (Wildman–Crippen MR) is 74.6 cm³/mol. The molecule has 1 saturated heterocycles. The first-order valence-corrected chi connectivity index (χ1v) is 6.92. The van der Waals surface area contributed by atoms with Gasteiger partial charge in [0.2, 0.25) is 0 Å². The van der Waals surface area contributed by atoms with E-state index in [1.807, 2.05) is 0 Å². The monoisotopic (exact) mass is 302 g/mol. The molecule has 2 unspecified atom stereocenters. The summed E-state index contributed by atoms with van der Waals surface area (Å²) in [4.78, 5) is 14.4. The van der Waals surface area contributed by atoms with Crippen LogP contribution in [0, 0.1) is 0 Å². The van der Waals surface area contributed by atoms with Crippen LogP contribution in [0.3, 0.4) is 0 Å². The molecule has 1 fully saturated rings. The smallest absolute Gasteiger partial charge is 0.254 e. The molecule has 2 rings (SSSR count). The van der Waals surface area contributed by atoms with Crippen LogP contribution in [0.4, 0.5) is 0 Å². The number of rotatable bonds is 2. The van der Waals surface area contributed by atoms with E-state index in [9.17, 15) is 4.79 Å². The Morgan fingerprint density at radius 1 is 1.47 bits per heavy atom. The van der Waals surface area contributed by atoms with E-state index in [0.29, 0.717) is 6.04 Å². The van der Waals surface area contributed by atoms with Gasteiger partial charge in [0, 0.05) is 18.6 Å². The van der Waals surface area contributed by atoms with Gasteiger partial charge in [0.05, 0.1) is 5.56 Å². The highest BCUT2D eigenvalue weighted by Gasteiger charge is 2.25. The van der Waals surface area contributed by atoms with Crippen LogP contribution in [0.25, 0.3) is 0 Å². The SMILES string of the molecule is CC1CC(NC(=O)c2cc(Cl)nnc2Cl)CCN1C. The van der Waals surface area contributed by atoms with Gasteiger partial charge in [-0.1, -0.05) is 23.2 Å². The molecule has 2 atom stereocenters. The Hall–Kier alpha value is -0.910. The molecule has 1 aliphatic rings. The Kier molecular flexibility index (Phi) is 4.60. The van der Waals surface area contributed by atoms with Crippen LogP contribution < -0.4 is 5.32 Å². The van der Waals surface area contributed by atoms with Crippen LogP contribution >= 0.6 is 23.2 Å². The van der Waals surface area contributed by atoms with E-state index >= 15 is 0 Å². The summed E-state index contributed by atoms with van der Waals surface area (Å²) in [5, 5.41) is 10.4. The van der Waals surface area contributed by atoms with E-state index in [1.54, 1.807) is 0 Å². The van der Waals surface area contributed by atoms with Gasteiger partial charge >= 0.3 is 0 Å². The summed E-state index contributed by atoms with van der Waals surface area (Å²) < 4.78 is 0. The molecule has 1 N–H and O–H groups in total. The minimum absolute atomic E-state index is 0.0721. The zero-order chi connectivity index (χ0) is 14.0. The number of piperidine rings is 1. The maximum absolute atomic E-state index is 12.1. The van der Waals surface area contributed by atoms with Crippen LogP contribution in [0.1, 0.15) is 30.1 Å². The molecule has 19 heavy (non-hydrogen) atoms. The second kappa shape index (κ2) is 6.03. The van der Waals surface area contributed by atoms with E-state index in [0.717, 1.165) is 19.4 Å². The van der Waals surface area contributed by atoms with E-state index in [2.05, 4.69) is 34.4 Å². The van der Waals surface area contributed by atoms with Gasteiger partial charge in [0.15, 0.2) is 10.3 Å². The lowest BCUT2D eigenvalue weighted by Crippen LogP contribution is -2.47. The number of nitrogens with zero attached hydrogens (tertiary/aromatic N) is 3. The van der Waals surface area contributed by atoms with Crippen molar-refractivity contribution in [3.63, 3.8) is 0 Å². The molecule has 1 amide bonds. The van der Waals surface area contributed by atoms with Crippen molar-refractivity contribution in [3.05, 3.63) is 21.9 Å². The number of carbonyl (C=O) groups excluding carboxylic acids is 1. The van der Waals surface area contributed by atoms with Gasteiger partial charge in [-0.2, -0.15) is 0 Å². The van der Waals surface area contributed by atoms with Crippen molar-refractivity contribution in [2.24, 2.45) is 0 Å². The molecule has 0 aromatic carbocycles. The summed E-state index contributed by atoms with van der Waals surface area (Å²) in [6.45, 7) is 3.12. The highest BCUT2D eigenvalue weighted by Crippen LogP contribution is 2.18. The molecule has 1 aromatic rings. The number of amides is 1. The molecule has 7 heteroatoms. The topological polar surface area (TPSA) is 58.1 Å². The zero-order valence-corrected chi connectivity index (χ0v) is 12.4. The minimum Gasteiger partial charge on any atom is -0.349 e. The van der Waals surface area contributed by atoms with Crippen molar-refractivity contribution in [2.45, 2.75) is 31.8 Å². The van der Waals surface area contributed by atoms with Crippen molar-refractivity contribution < 1.29 is 4.79 Å². The fraction of sp³-hybridized carbons (Fsp3) is 0.583. The second-order valence-corrected chi connectivity index (χ2v) is 5.64. The summed E-state index contributed by atoms with van der Waals surface area (Å²) in [5.74, 6) is -0.247. The van der Waals surface area contributed by atoms with Gasteiger partial charge in [-0.05, 0) is 32.9 Å². The quantitative estimate of drug-likeness (QED) is 0.908. The van der Waals surface area contributed by atoms with Crippen molar-refractivity contribution >= 4 is 29.1 Å². The van der Waals surface area contributed by atoms with Crippen LogP contribution in [-0.2, 0) is 0 Å². The maximum Gasteiger partial charge on any atom is 0.254 e. The lowest BCUT2D eigenvalue weighted by Gasteiger charge is -2.35. The molecular weight excluding hydrogens is 287 g/mol. The van der Waals surface area contributed by atoms with Gasteiger partial charge in [0.1, 0.15) is 0 Å². The van der Waals surface area contributed by atoms with E-state index in [1.165, 1.54) is 6.07 Å². The van der Waals surface area contributed by atoms with Gasteiger partial charge in [-0.25, -0.2) is 0 Å². The van der Waals surface area contributed by atoms with Crippen LogP contribution in [-0.4, -0.2) is 46.7 Å². The first-order chi connectivity index (χ1) is 8.97. The summed E-state index contributed by atoms with van der Waals surface area (Å²) in [6, 6.07) is 2.04. The molecule has 104 valence electrons. The normalized spacial score (nSPS) is 24.2. The molecule has 2 heterocycles. The molecular formula is C12H16Cl2N4O. The fourth-order valence-electron chi connectivity index (χ4n) is 2.20. The Bertz CT molecular complexity index is 483. The number of likely N-dealkylation sites (tertiary alicyclic amines) is 1. The summed E-state index contributed by atoms with van der Waals surface area (Å²) in [5.41, 5.74) is 0.272. The first-order valence-electron chi connectivity index (χ1n) is 6.17. The van der Waals surface area contributed by atoms with Crippen molar-refractivity contribution in [2.75, 3.05) is 13.6 Å². The number of nitrogens with one attached hydrogen (secondary N) is 1. The Labute approximate surface area is 122 Å². The molecule has 5 nitrogen and oxygen atoms in total. The third-order valence-corrected chi connectivity index (χ3v) is 3.97. The third-order valence-electron chi connectivity index (χ3n) is 3.51. The highest BCUT2D eigenvalue weighted by atomic mass is 35.5. The van der Waals surface area contributed by atoms with E-state index in [-0.39, 0.29) is 27.8 Å². The van der Waals surface area contributed by atoms with Gasteiger partial charge < -0.3 is 10.2 Å². The number of carbonyl (C=O) groups is 1. The standard InChI is InChI=1S/C12H16Cl2N4O/c1-7-5-8(3-4-18(7)2)15-12(19)9-6-10(13)16-17-11(9)14/h6-8H,3-5H2,1-2H3,(H,15,19). The van der Waals surface area contributed by atoms with Gasteiger partial charge in [0.25, 0.3) is 5.91 Å². The van der Waals surface area contributed by atoms with Crippen LogP contribution in [0.5, 0.6) is 0 Å². The average molecular weight is 303 g/mol. The fourth-order valence-corrected chi connectivity index (χ4v) is 2.52. The molecule has 1 aliphatic heterocycles. The maximum atomic E-state index is 12.1. The molecule has 1 aromatic heterocycles. The lowest BCUT2D eigenvalue weighted by atomic mass is 9.99. The predicted octanol–water partition coefficient (Wildman–Crippen LogP) is 2.00. The molecule has 0 saturated carbocycles. The summed E-state index contributed by atoms with van der Waals surface area (Å²) in [7, 11) is 2.09. The Morgan fingerprint density at radius 2 is 2.21 bits per heavy atom. The largest absolute Gasteiger partial charge is 0.349 e. The molecule has 0 bridgehead atoms. The average Bonchev–Trinajstić information content (AvgIpc) is 2.36. The van der Waals surface area contributed by atoms with Crippen LogP contribution in [0.2, 0.25) is 10.3 Å². The lowest BCUT2D eigenvalue weighted by molar-refractivity contribution is 0.0896. The first kappa shape index (κ1) is 14.5. The van der Waals surface area contributed by atoms with Gasteiger partial charge in [-0.3, -0.25) is 4.79 Å². The van der Waals surface area contributed by atoms with Crippen molar-refractivity contribution in [1.82, 2.24) is 20.4 Å². The number of halogens is 2. The number of aromatic nitrogens is 2. The second-order valence-electron chi connectivity index (χ2n) is 4.90. The highest BCUT2D eigenvalue weighted by molar-refractivity contribution is 6.34. The van der Waals surface area contributed by atoms with E-state index < -0.39 is 0 Å². The van der Waals surface area contributed by atoms with Crippen molar-refractivity contribution in [3.8, 4) is 0 Å². The molecule has 0 aliphatic carbocycles. The zero-order valence-electron chi connectivity index (χ0n) is 10.9. The van der Waals surface area contributed by atoms with Gasteiger partial charge in [-0.15, -0.1) is 10.2 Å². The summed E-state index contributed by atoms with van der Waals surface area (Å²) >= 11 is 11.6.